The van der Waals surface area contributed by atoms with Crippen molar-refractivity contribution in [2.24, 2.45) is 5.41 Å². The van der Waals surface area contributed by atoms with Crippen molar-refractivity contribution in [2.75, 3.05) is 0 Å². The van der Waals surface area contributed by atoms with E-state index in [-0.39, 0.29) is 25.2 Å². The average molecular weight is 229 g/mol. The molecule has 2 nitrogen and oxygen atoms in total. The Bertz CT molecular complexity index is 151. The van der Waals surface area contributed by atoms with Gasteiger partial charge in [-0.1, -0.05) is 26.2 Å². The summed E-state index contributed by atoms with van der Waals surface area (Å²) >= 11 is 0. The van der Waals surface area contributed by atoms with Gasteiger partial charge in [-0.15, -0.1) is 0 Å². The van der Waals surface area contributed by atoms with Gasteiger partial charge in [-0.2, -0.15) is 0 Å². The number of aliphatic carboxylic acids is 1. The maximum absolute atomic E-state index is 10.5. The van der Waals surface area contributed by atoms with Gasteiger partial charge in [0.15, 0.2) is 0 Å². The molecule has 0 radical (unpaired) electrons. The number of carboxylic acid groups (broad SMARTS) is 1. The molecule has 1 aliphatic rings. The molecule has 0 aromatic heterocycles. The average Bonchev–Trinajstić information content (AvgIpc) is 1.85. The molecule has 0 unspecified atom stereocenters. The van der Waals surface area contributed by atoms with Crippen LogP contribution in [0.5, 0.6) is 0 Å². The summed E-state index contributed by atoms with van der Waals surface area (Å²) in [5, 5.41) is 8.63. The van der Waals surface area contributed by atoms with E-state index in [1.807, 2.05) is 0 Å². The van der Waals surface area contributed by atoms with Crippen molar-refractivity contribution in [1.82, 2.24) is 0 Å². The maximum atomic E-state index is 10.5. The van der Waals surface area contributed by atoms with Crippen LogP contribution in [-0.4, -0.2) is 30.9 Å². The van der Waals surface area contributed by atoms with Crippen LogP contribution in [0.3, 0.4) is 0 Å². The molecule has 1 fully saturated rings. The number of hydrogen-bond acceptors (Lipinski definition) is 1. The van der Waals surface area contributed by atoms with Gasteiger partial charge in [0.2, 0.25) is 0 Å². The first-order valence-corrected chi connectivity index (χ1v) is 4.34. The van der Waals surface area contributed by atoms with Gasteiger partial charge in [-0.25, -0.2) is 0 Å². The molecule has 3 heteroatoms. The van der Waals surface area contributed by atoms with Crippen molar-refractivity contribution in [3.8, 4) is 0 Å². The molecule has 1 N–H and O–H groups in total. The van der Waals surface area contributed by atoms with E-state index in [1.54, 1.807) is 0 Å². The van der Waals surface area contributed by atoms with Crippen molar-refractivity contribution in [3.05, 3.63) is 0 Å². The molecule has 12 heavy (non-hydrogen) atoms. The summed E-state index contributed by atoms with van der Waals surface area (Å²) in [5.41, 5.74) is 0.101. The Hall–Kier alpha value is 0.106. The predicted molar refractivity (Wildman–Crippen MR) is 53.4 cm³/mol. The Morgan fingerprint density at radius 2 is 1.83 bits per heavy atom. The zero-order chi connectivity index (χ0) is 8.32. The summed E-state index contributed by atoms with van der Waals surface area (Å²) in [6.45, 7) is 2.10. The summed E-state index contributed by atoms with van der Waals surface area (Å²) < 4.78 is 0. The third-order valence-corrected chi connectivity index (χ3v) is 2.64. The first kappa shape index (κ1) is 12.1. The zero-order valence-electron chi connectivity index (χ0n) is 7.10. The van der Waals surface area contributed by atoms with Gasteiger partial charge in [0.1, 0.15) is 0 Å². The minimum absolute atomic E-state index is 0. The molecule has 1 saturated carbocycles. The molecule has 0 spiro atoms. The first-order chi connectivity index (χ1) is 5.12. The van der Waals surface area contributed by atoms with E-state index in [4.69, 9.17) is 5.11 Å². The number of carbonyl (C=O) groups is 1. The SMILES string of the molecule is CC1(CC(=O)O)CCCCC1.[GaH3]. The topological polar surface area (TPSA) is 37.3 Å². The molecule has 1 aliphatic carbocycles. The van der Waals surface area contributed by atoms with Crippen LogP contribution < -0.4 is 0 Å². The summed E-state index contributed by atoms with van der Waals surface area (Å²) in [5.74, 6) is -0.644. The normalized spacial score (nSPS) is 21.1. The van der Waals surface area contributed by atoms with Gasteiger partial charge < -0.3 is 5.11 Å². The number of hydrogen-bond donors (Lipinski definition) is 1. The fourth-order valence-corrected chi connectivity index (χ4v) is 1.95. The zero-order valence-corrected chi connectivity index (χ0v) is 7.10. The van der Waals surface area contributed by atoms with Crippen LogP contribution >= 0.6 is 0 Å². The molecule has 1 rings (SSSR count). The van der Waals surface area contributed by atoms with Gasteiger partial charge in [0.05, 0.1) is 6.42 Å². The van der Waals surface area contributed by atoms with E-state index in [1.165, 1.54) is 19.3 Å². The van der Waals surface area contributed by atoms with Crippen molar-refractivity contribution in [2.45, 2.75) is 45.4 Å². The second-order valence-electron chi connectivity index (χ2n) is 3.94. The molecular formula is C9H19GaO2. The van der Waals surface area contributed by atoms with E-state index in [0.29, 0.717) is 6.42 Å². The number of carboxylic acids is 1. The fourth-order valence-electron chi connectivity index (χ4n) is 1.95. The molecule has 0 aromatic rings. The van der Waals surface area contributed by atoms with Crippen LogP contribution in [0.25, 0.3) is 0 Å². The third kappa shape index (κ3) is 3.67. The van der Waals surface area contributed by atoms with Crippen LogP contribution in [0, 0.1) is 5.41 Å². The molecule has 0 aliphatic heterocycles. The van der Waals surface area contributed by atoms with E-state index in [0.717, 1.165) is 12.8 Å². The van der Waals surface area contributed by atoms with Gasteiger partial charge in [-0.05, 0) is 18.3 Å². The van der Waals surface area contributed by atoms with Crippen molar-refractivity contribution in [3.63, 3.8) is 0 Å². The summed E-state index contributed by atoms with van der Waals surface area (Å²) in [7, 11) is 0. The minimum atomic E-state index is -0.644. The Morgan fingerprint density at radius 3 is 2.25 bits per heavy atom. The molecule has 0 aromatic carbocycles. The van der Waals surface area contributed by atoms with Crippen molar-refractivity contribution in [1.29, 1.82) is 0 Å². The molecule has 0 heterocycles. The quantitative estimate of drug-likeness (QED) is 0.723. The Kier molecular flexibility index (Phi) is 5.02. The summed E-state index contributed by atoms with van der Waals surface area (Å²) in [6.07, 6.45) is 6.26. The van der Waals surface area contributed by atoms with Crippen LogP contribution in [0.2, 0.25) is 0 Å². The van der Waals surface area contributed by atoms with Crippen LogP contribution in [-0.2, 0) is 4.79 Å². The van der Waals surface area contributed by atoms with Crippen LogP contribution in [0.4, 0.5) is 0 Å². The summed E-state index contributed by atoms with van der Waals surface area (Å²) in [6, 6.07) is 0. The Labute approximate surface area is 86.8 Å². The second kappa shape index (κ2) is 4.97. The fraction of sp³-hybridized carbons (Fsp3) is 0.889. The monoisotopic (exact) mass is 228 g/mol. The Morgan fingerprint density at radius 1 is 1.33 bits per heavy atom. The van der Waals surface area contributed by atoms with Gasteiger partial charge in [0, 0.05) is 0 Å². The van der Waals surface area contributed by atoms with E-state index in [2.05, 4.69) is 6.92 Å². The van der Waals surface area contributed by atoms with Crippen LogP contribution in [0.1, 0.15) is 45.4 Å². The summed E-state index contributed by atoms with van der Waals surface area (Å²) in [4.78, 5) is 10.5. The van der Waals surface area contributed by atoms with E-state index < -0.39 is 5.97 Å². The van der Waals surface area contributed by atoms with E-state index >= 15 is 0 Å². The molecule has 0 bridgehead atoms. The van der Waals surface area contributed by atoms with Crippen molar-refractivity contribution >= 4 is 25.8 Å². The molecule has 0 atom stereocenters. The molecule has 0 saturated heterocycles. The molecule has 70 valence electrons. The van der Waals surface area contributed by atoms with Gasteiger partial charge in [-0.3, -0.25) is 4.79 Å². The Balaban J connectivity index is 0.00000121. The molecular weight excluding hydrogens is 210 g/mol. The standard InChI is InChI=1S/C9H16O2.Ga.3H/c1-9(7-8(10)11)5-3-2-4-6-9;;;;/h2-7H2,1H3,(H,10,11);;;;. The predicted octanol–water partition coefficient (Wildman–Crippen LogP) is 1.25. The first-order valence-electron chi connectivity index (χ1n) is 4.34. The van der Waals surface area contributed by atoms with Gasteiger partial charge >= 0.3 is 25.8 Å². The second-order valence-corrected chi connectivity index (χ2v) is 3.94. The molecule has 0 amide bonds. The third-order valence-electron chi connectivity index (χ3n) is 2.64. The van der Waals surface area contributed by atoms with Crippen LogP contribution in [0.15, 0.2) is 0 Å². The van der Waals surface area contributed by atoms with Crippen molar-refractivity contribution < 1.29 is 9.90 Å². The van der Waals surface area contributed by atoms with E-state index in [9.17, 15) is 4.79 Å². The number of rotatable bonds is 2. The van der Waals surface area contributed by atoms with Gasteiger partial charge in [0.25, 0.3) is 0 Å².